The van der Waals surface area contributed by atoms with Crippen LogP contribution in [0.3, 0.4) is 0 Å². The largest absolute Gasteiger partial charge is 0.322 e. The molecule has 2 N–H and O–H groups in total. The van der Waals surface area contributed by atoms with Gasteiger partial charge in [0, 0.05) is 12.4 Å². The molecular formula is C10H11N3O3S2. The molecule has 0 radical (unpaired) electrons. The molecule has 6 nitrogen and oxygen atoms in total. The SMILES string of the molecule is CS(=O)(=O)NNC(=O)c1sccc1-n1cccc1. The highest BCUT2D eigenvalue weighted by Crippen LogP contribution is 2.20. The van der Waals surface area contributed by atoms with Gasteiger partial charge in [0.05, 0.1) is 11.9 Å². The molecule has 0 aliphatic carbocycles. The fraction of sp³-hybridized carbons (Fsp3) is 0.100. The van der Waals surface area contributed by atoms with Gasteiger partial charge in [-0.15, -0.1) is 16.2 Å². The average molecular weight is 285 g/mol. The number of hydrogen-bond acceptors (Lipinski definition) is 4. The van der Waals surface area contributed by atoms with Gasteiger partial charge >= 0.3 is 0 Å². The van der Waals surface area contributed by atoms with E-state index < -0.39 is 15.9 Å². The Morgan fingerprint density at radius 3 is 2.61 bits per heavy atom. The molecule has 0 atom stereocenters. The first-order chi connectivity index (χ1) is 8.47. The number of aromatic nitrogens is 1. The maximum absolute atomic E-state index is 11.8. The summed E-state index contributed by atoms with van der Waals surface area (Å²) < 4.78 is 23.6. The second-order valence-corrected chi connectivity index (χ2v) is 6.22. The standard InChI is InChI=1S/C10H11N3O3S2/c1-18(15,16)12-11-10(14)9-8(4-7-17-9)13-5-2-3-6-13/h2-7,12H,1H3,(H,11,14). The van der Waals surface area contributed by atoms with Crippen molar-refractivity contribution >= 4 is 27.3 Å². The van der Waals surface area contributed by atoms with E-state index >= 15 is 0 Å². The molecule has 0 bridgehead atoms. The van der Waals surface area contributed by atoms with E-state index in [9.17, 15) is 13.2 Å². The van der Waals surface area contributed by atoms with Crippen LogP contribution in [0, 0.1) is 0 Å². The highest BCUT2D eigenvalue weighted by Gasteiger charge is 2.15. The smallest absolute Gasteiger partial charge is 0.278 e. The second kappa shape index (κ2) is 4.92. The van der Waals surface area contributed by atoms with E-state index in [4.69, 9.17) is 0 Å². The maximum atomic E-state index is 11.8. The van der Waals surface area contributed by atoms with Crippen LogP contribution in [0.1, 0.15) is 9.67 Å². The zero-order valence-corrected chi connectivity index (χ0v) is 11.1. The number of nitrogens with one attached hydrogen (secondary N) is 2. The molecule has 1 amide bonds. The zero-order valence-electron chi connectivity index (χ0n) is 9.45. The summed E-state index contributed by atoms with van der Waals surface area (Å²) in [7, 11) is -3.46. The quantitative estimate of drug-likeness (QED) is 0.813. The van der Waals surface area contributed by atoms with E-state index in [-0.39, 0.29) is 0 Å². The molecule has 8 heteroatoms. The second-order valence-electron chi connectivity index (χ2n) is 3.55. The number of sulfonamides is 1. The number of carbonyl (C=O) groups is 1. The Labute approximate surface area is 108 Å². The van der Waals surface area contributed by atoms with Crippen molar-refractivity contribution in [3.63, 3.8) is 0 Å². The lowest BCUT2D eigenvalue weighted by Crippen LogP contribution is -2.40. The van der Waals surface area contributed by atoms with Crippen LogP contribution < -0.4 is 10.3 Å². The summed E-state index contributed by atoms with van der Waals surface area (Å²) in [4.78, 5) is 14.2. The van der Waals surface area contributed by atoms with Gasteiger partial charge < -0.3 is 4.57 Å². The lowest BCUT2D eigenvalue weighted by Gasteiger charge is -2.06. The third-order valence-corrected chi connectivity index (χ3v) is 3.46. The van der Waals surface area contributed by atoms with Crippen molar-refractivity contribution in [3.05, 3.63) is 40.8 Å². The third kappa shape index (κ3) is 2.97. The molecule has 2 aromatic heterocycles. The first-order valence-corrected chi connectivity index (χ1v) is 7.72. The van der Waals surface area contributed by atoms with Gasteiger partial charge in [0.1, 0.15) is 4.88 Å². The topological polar surface area (TPSA) is 80.2 Å². The highest BCUT2D eigenvalue weighted by molar-refractivity contribution is 7.88. The van der Waals surface area contributed by atoms with Crippen LogP contribution in [0.25, 0.3) is 5.69 Å². The Hall–Kier alpha value is -1.64. The van der Waals surface area contributed by atoms with E-state index in [1.807, 2.05) is 29.4 Å². The number of amides is 1. The van der Waals surface area contributed by atoms with Crippen LogP contribution in [0.5, 0.6) is 0 Å². The molecule has 0 saturated heterocycles. The first-order valence-electron chi connectivity index (χ1n) is 4.95. The van der Waals surface area contributed by atoms with Crippen molar-refractivity contribution in [2.24, 2.45) is 0 Å². The Kier molecular flexibility index (Phi) is 3.50. The number of hydrogen-bond donors (Lipinski definition) is 2. The summed E-state index contributed by atoms with van der Waals surface area (Å²) in [6, 6.07) is 5.47. The Morgan fingerprint density at radius 2 is 2.00 bits per heavy atom. The van der Waals surface area contributed by atoms with Gasteiger partial charge in [-0.05, 0) is 23.6 Å². The van der Waals surface area contributed by atoms with Gasteiger partial charge in [0.15, 0.2) is 0 Å². The predicted molar refractivity (Wildman–Crippen MR) is 69.1 cm³/mol. The molecule has 2 rings (SSSR count). The molecule has 0 aliphatic heterocycles. The molecule has 0 fully saturated rings. The van der Waals surface area contributed by atoms with Gasteiger partial charge in [-0.2, -0.15) is 0 Å². The zero-order chi connectivity index (χ0) is 13.2. The van der Waals surface area contributed by atoms with Crippen molar-refractivity contribution < 1.29 is 13.2 Å². The number of rotatable bonds is 4. The molecule has 96 valence electrons. The summed E-state index contributed by atoms with van der Waals surface area (Å²) in [6.45, 7) is 0. The van der Waals surface area contributed by atoms with Crippen molar-refractivity contribution in [1.82, 2.24) is 14.8 Å². The fourth-order valence-corrected chi connectivity index (χ4v) is 2.43. The van der Waals surface area contributed by atoms with Crippen molar-refractivity contribution in [3.8, 4) is 5.69 Å². The Morgan fingerprint density at radius 1 is 1.33 bits per heavy atom. The normalized spacial score (nSPS) is 11.4. The maximum Gasteiger partial charge on any atom is 0.278 e. The summed E-state index contributed by atoms with van der Waals surface area (Å²) in [6.07, 6.45) is 4.58. The van der Waals surface area contributed by atoms with E-state index in [0.29, 0.717) is 10.6 Å². The number of hydrazine groups is 1. The highest BCUT2D eigenvalue weighted by atomic mass is 32.2. The minimum atomic E-state index is -3.46. The minimum Gasteiger partial charge on any atom is -0.322 e. The molecular weight excluding hydrogens is 274 g/mol. The number of carbonyl (C=O) groups excluding carboxylic acids is 1. The lowest BCUT2D eigenvalue weighted by molar-refractivity contribution is 0.0949. The summed E-state index contributed by atoms with van der Waals surface area (Å²) in [5.74, 6) is -0.487. The lowest BCUT2D eigenvalue weighted by atomic mass is 10.3. The van der Waals surface area contributed by atoms with Crippen LogP contribution in [0.15, 0.2) is 36.0 Å². The fourth-order valence-electron chi connectivity index (χ4n) is 1.37. The van der Waals surface area contributed by atoms with E-state index in [2.05, 4.69) is 5.43 Å². The van der Waals surface area contributed by atoms with Gasteiger partial charge in [-0.3, -0.25) is 10.2 Å². The van der Waals surface area contributed by atoms with Crippen LogP contribution in [0.4, 0.5) is 0 Å². The third-order valence-electron chi connectivity index (χ3n) is 2.08. The number of nitrogens with zero attached hydrogens (tertiary/aromatic N) is 1. The van der Waals surface area contributed by atoms with Crippen molar-refractivity contribution in [2.45, 2.75) is 0 Å². The van der Waals surface area contributed by atoms with Crippen LogP contribution in [-0.2, 0) is 10.0 Å². The van der Waals surface area contributed by atoms with Crippen molar-refractivity contribution in [1.29, 1.82) is 0 Å². The summed E-state index contributed by atoms with van der Waals surface area (Å²) in [5.41, 5.74) is 2.85. The van der Waals surface area contributed by atoms with Crippen LogP contribution in [0.2, 0.25) is 0 Å². The van der Waals surface area contributed by atoms with Gasteiger partial charge in [0.2, 0.25) is 10.0 Å². The van der Waals surface area contributed by atoms with Crippen LogP contribution in [-0.4, -0.2) is 25.1 Å². The molecule has 0 aliphatic rings. The van der Waals surface area contributed by atoms with Crippen molar-refractivity contribution in [2.75, 3.05) is 6.26 Å². The van der Waals surface area contributed by atoms with E-state index in [1.54, 1.807) is 16.0 Å². The molecule has 2 aromatic rings. The number of thiophene rings is 1. The molecule has 0 saturated carbocycles. The van der Waals surface area contributed by atoms with Gasteiger partial charge in [-0.25, -0.2) is 8.42 Å². The first kappa shape index (κ1) is 12.8. The molecule has 0 aromatic carbocycles. The van der Waals surface area contributed by atoms with E-state index in [1.165, 1.54) is 11.3 Å². The monoisotopic (exact) mass is 285 g/mol. The van der Waals surface area contributed by atoms with Crippen LogP contribution >= 0.6 is 11.3 Å². The molecule has 0 spiro atoms. The minimum absolute atomic E-state index is 0.433. The molecule has 0 unspecified atom stereocenters. The van der Waals surface area contributed by atoms with Gasteiger partial charge in [-0.1, -0.05) is 0 Å². The molecule has 2 heterocycles. The Bertz CT molecular complexity index is 644. The van der Waals surface area contributed by atoms with E-state index in [0.717, 1.165) is 6.26 Å². The predicted octanol–water partition coefficient (Wildman–Crippen LogP) is 0.733. The summed E-state index contributed by atoms with van der Waals surface area (Å²) >= 11 is 1.24. The molecule has 18 heavy (non-hydrogen) atoms. The Balaban J connectivity index is 2.20. The summed E-state index contributed by atoms with van der Waals surface area (Å²) in [5, 5.41) is 1.77. The van der Waals surface area contributed by atoms with Gasteiger partial charge in [0.25, 0.3) is 5.91 Å². The average Bonchev–Trinajstić information content (AvgIpc) is 2.94.